The van der Waals surface area contributed by atoms with Gasteiger partial charge in [0.25, 0.3) is 0 Å². The third kappa shape index (κ3) is 11.9. The van der Waals surface area contributed by atoms with Gasteiger partial charge in [-0.2, -0.15) is 4.31 Å². The number of hydrogen-bond donors (Lipinski definition) is 4. The monoisotopic (exact) mass is 730 g/mol. The molecule has 0 saturated carbocycles. The van der Waals surface area contributed by atoms with Crippen LogP contribution in [-0.2, 0) is 39.1 Å². The maximum Gasteiger partial charge on any atom is 0.318 e. The van der Waals surface area contributed by atoms with Crippen LogP contribution in [0.15, 0.2) is 70.0 Å². The number of amides is 3. The van der Waals surface area contributed by atoms with Gasteiger partial charge in [-0.3, -0.25) is 4.79 Å². The minimum absolute atomic E-state index is 0.0142. The quantitative estimate of drug-likeness (QED) is 0.0811. The van der Waals surface area contributed by atoms with Gasteiger partial charge in [0.05, 0.1) is 42.1 Å². The average molecular weight is 731 g/mol. The number of rotatable bonds is 19. The zero-order valence-corrected chi connectivity index (χ0v) is 31.2. The molecule has 4 N–H and O–H groups in total. The van der Waals surface area contributed by atoms with Crippen molar-refractivity contribution in [2.75, 3.05) is 27.2 Å². The first-order valence-electron chi connectivity index (χ1n) is 16.5. The van der Waals surface area contributed by atoms with Crippen molar-refractivity contribution in [1.82, 2.24) is 24.8 Å². The highest BCUT2D eigenvalue weighted by atomic mass is 32.2. The number of sulfonamides is 1. The van der Waals surface area contributed by atoms with Crippen molar-refractivity contribution >= 4 is 39.5 Å². The fraction of sp³-hybridized carbons (Fsp3) is 0.486. The molecule has 0 bridgehead atoms. The number of aliphatic hydroxyl groups is 1. The molecular weight excluding hydrogens is 681 g/mol. The van der Waals surface area contributed by atoms with Crippen LogP contribution in [0.4, 0.5) is 4.79 Å². The molecule has 3 amide bonds. The molecule has 15 heteroatoms. The largest absolute Gasteiger partial charge is 0.411 e. The van der Waals surface area contributed by atoms with Gasteiger partial charge in [-0.1, -0.05) is 81.7 Å². The Labute approximate surface area is 299 Å². The normalized spacial score (nSPS) is 14.4. The first kappa shape index (κ1) is 40.5. The summed E-state index contributed by atoms with van der Waals surface area (Å²) in [6, 6.07) is 12.9. The summed E-state index contributed by atoms with van der Waals surface area (Å²) < 4.78 is 34.0. The smallest absolute Gasteiger partial charge is 0.318 e. The summed E-state index contributed by atoms with van der Waals surface area (Å²) >= 11 is 1.44. The Morgan fingerprint density at radius 1 is 1.06 bits per heavy atom. The molecule has 0 aliphatic heterocycles. The van der Waals surface area contributed by atoms with E-state index in [-0.39, 0.29) is 42.8 Å². The lowest BCUT2D eigenvalue weighted by Gasteiger charge is -2.33. The molecule has 2 aromatic carbocycles. The Hall–Kier alpha value is -3.89. The lowest BCUT2D eigenvalue weighted by Crippen LogP contribution is -2.58. The minimum atomic E-state index is -4.06. The van der Waals surface area contributed by atoms with E-state index in [0.717, 1.165) is 10.6 Å². The van der Waals surface area contributed by atoms with Crippen LogP contribution in [0, 0.1) is 11.8 Å². The Kier molecular flexibility index (Phi) is 15.8. The van der Waals surface area contributed by atoms with Gasteiger partial charge in [-0.25, -0.2) is 18.2 Å². The molecular formula is C35H50N6O7S2. The van der Waals surface area contributed by atoms with Crippen molar-refractivity contribution in [1.29, 1.82) is 0 Å². The number of aromatic nitrogens is 1. The van der Waals surface area contributed by atoms with Crippen molar-refractivity contribution in [2.45, 2.75) is 76.8 Å². The Morgan fingerprint density at radius 3 is 2.34 bits per heavy atom. The van der Waals surface area contributed by atoms with Crippen LogP contribution in [0.2, 0.25) is 0 Å². The molecule has 0 spiro atoms. The second-order valence-electron chi connectivity index (χ2n) is 12.7. The fourth-order valence-electron chi connectivity index (χ4n) is 5.25. The highest BCUT2D eigenvalue weighted by molar-refractivity contribution is 7.89. The molecule has 0 aliphatic carbocycles. The molecule has 1 unspecified atom stereocenters. The van der Waals surface area contributed by atoms with E-state index in [1.165, 1.54) is 51.0 Å². The van der Waals surface area contributed by atoms with Gasteiger partial charge >= 0.3 is 6.03 Å². The summed E-state index contributed by atoms with van der Waals surface area (Å²) in [5.74, 6) is -0.819. The van der Waals surface area contributed by atoms with Crippen molar-refractivity contribution < 1.29 is 33.1 Å². The van der Waals surface area contributed by atoms with Gasteiger partial charge in [-0.05, 0) is 41.5 Å². The number of carbonyl (C=O) groups is 2. The minimum Gasteiger partial charge on any atom is -0.411 e. The van der Waals surface area contributed by atoms with Crippen molar-refractivity contribution in [3.63, 3.8) is 0 Å². The number of urea groups is 1. The maximum atomic E-state index is 14.0. The van der Waals surface area contributed by atoms with E-state index < -0.39 is 40.1 Å². The van der Waals surface area contributed by atoms with Gasteiger partial charge in [0.2, 0.25) is 15.9 Å². The summed E-state index contributed by atoms with van der Waals surface area (Å²) in [6.45, 7) is 7.97. The Morgan fingerprint density at radius 2 is 1.74 bits per heavy atom. The highest BCUT2D eigenvalue weighted by Gasteiger charge is 2.34. The van der Waals surface area contributed by atoms with Gasteiger partial charge in [0.15, 0.2) is 0 Å². The summed E-state index contributed by atoms with van der Waals surface area (Å²) in [7, 11) is -0.856. The maximum absolute atomic E-state index is 14.0. The number of carbonyl (C=O) groups excluding carboxylic acids is 2. The first-order chi connectivity index (χ1) is 23.8. The van der Waals surface area contributed by atoms with Gasteiger partial charge < -0.3 is 30.6 Å². The Balaban J connectivity index is 1.85. The van der Waals surface area contributed by atoms with Crippen molar-refractivity contribution in [3.05, 3.63) is 81.8 Å². The van der Waals surface area contributed by atoms with Crippen LogP contribution in [-0.4, -0.2) is 96.5 Å². The lowest BCUT2D eigenvalue weighted by atomic mass is 9.96. The van der Waals surface area contributed by atoms with Gasteiger partial charge in [0.1, 0.15) is 11.0 Å². The SMILES string of the molecule is CC[C@H](C)[C@@H](NC(=O)N(C)Cc1csc(COC)n1)C(=O)N[C@@H](Cc1ccccc1)C(O)CN(CC(C)C)S(=O)(=O)c1ccc(/C=N/O)cc1. The van der Waals surface area contributed by atoms with Gasteiger partial charge in [0, 0.05) is 32.6 Å². The lowest BCUT2D eigenvalue weighted by molar-refractivity contribution is -0.125. The Bertz CT molecular complexity index is 1630. The van der Waals surface area contributed by atoms with Crippen molar-refractivity contribution in [3.8, 4) is 0 Å². The van der Waals surface area contributed by atoms with Crippen LogP contribution >= 0.6 is 11.3 Å². The molecule has 3 aromatic rings. The van der Waals surface area contributed by atoms with E-state index in [1.807, 2.05) is 63.4 Å². The summed E-state index contributed by atoms with van der Waals surface area (Å²) in [4.78, 5) is 33.2. The van der Waals surface area contributed by atoms with Crippen LogP contribution in [0.25, 0.3) is 0 Å². The molecule has 13 nitrogen and oxygen atoms in total. The third-order valence-electron chi connectivity index (χ3n) is 8.16. The molecule has 0 aliphatic rings. The molecule has 1 aromatic heterocycles. The number of nitrogens with zero attached hydrogens (tertiary/aromatic N) is 4. The van der Waals surface area contributed by atoms with Crippen LogP contribution < -0.4 is 10.6 Å². The number of oxime groups is 1. The number of nitrogens with one attached hydrogen (secondary N) is 2. The van der Waals surface area contributed by atoms with E-state index in [9.17, 15) is 23.1 Å². The number of ether oxygens (including phenoxy) is 1. The molecule has 274 valence electrons. The highest BCUT2D eigenvalue weighted by Crippen LogP contribution is 2.20. The van der Waals surface area contributed by atoms with E-state index in [0.29, 0.717) is 24.3 Å². The van der Waals surface area contributed by atoms with E-state index in [2.05, 4.69) is 20.8 Å². The zero-order chi connectivity index (χ0) is 36.8. The standard InChI is InChI=1S/C35H50N6O7S2/c1-7-25(4)33(39-35(44)40(5)20-28-23-49-32(37-28)22-48-6)34(43)38-30(17-26-11-9-8-10-12-26)31(42)21-41(19-24(2)3)50(46,47)29-15-13-27(14-16-29)18-36-45/h8-16,18,23-25,30-31,33,42,45H,7,17,19-22H2,1-6H3,(H,38,43)(H,39,44)/b36-18+/t25-,30-,31?,33+/m0/s1. The molecule has 0 fully saturated rings. The molecule has 0 saturated heterocycles. The molecule has 4 atom stereocenters. The number of hydrogen-bond acceptors (Lipinski definition) is 10. The molecule has 1 heterocycles. The second-order valence-corrected chi connectivity index (χ2v) is 15.6. The second kappa shape index (κ2) is 19.5. The average Bonchev–Trinajstić information content (AvgIpc) is 3.53. The van der Waals surface area contributed by atoms with Crippen LogP contribution in [0.5, 0.6) is 0 Å². The summed E-state index contributed by atoms with van der Waals surface area (Å²) in [5, 5.41) is 32.0. The number of aliphatic hydroxyl groups excluding tert-OH is 1. The predicted octanol–water partition coefficient (Wildman–Crippen LogP) is 4.09. The van der Waals surface area contributed by atoms with E-state index >= 15 is 0 Å². The van der Waals surface area contributed by atoms with Gasteiger partial charge in [-0.15, -0.1) is 11.3 Å². The molecule has 50 heavy (non-hydrogen) atoms. The predicted molar refractivity (Wildman–Crippen MR) is 194 cm³/mol. The fourth-order valence-corrected chi connectivity index (χ4v) is 7.63. The van der Waals surface area contributed by atoms with Crippen LogP contribution in [0.3, 0.4) is 0 Å². The first-order valence-corrected chi connectivity index (χ1v) is 18.8. The number of thiazole rings is 1. The summed E-state index contributed by atoms with van der Waals surface area (Å²) in [6.07, 6.45) is 0.683. The molecule has 0 radical (unpaired) electrons. The zero-order valence-electron chi connectivity index (χ0n) is 29.5. The van der Waals surface area contributed by atoms with Crippen LogP contribution in [0.1, 0.15) is 55.9 Å². The van der Waals surface area contributed by atoms with Crippen molar-refractivity contribution in [2.24, 2.45) is 17.0 Å². The van der Waals surface area contributed by atoms with E-state index in [1.54, 1.807) is 14.2 Å². The van der Waals surface area contributed by atoms with E-state index in [4.69, 9.17) is 9.94 Å². The topological polar surface area (TPSA) is 174 Å². The third-order valence-corrected chi connectivity index (χ3v) is 10.9. The number of benzene rings is 2. The summed E-state index contributed by atoms with van der Waals surface area (Å²) in [5.41, 5.74) is 2.04. The number of methoxy groups -OCH3 is 1. The molecule has 3 rings (SSSR count).